The van der Waals surface area contributed by atoms with Crippen LogP contribution < -0.4 is 5.32 Å². The fourth-order valence-electron chi connectivity index (χ4n) is 3.48. The third kappa shape index (κ3) is 5.07. The van der Waals surface area contributed by atoms with Crippen molar-refractivity contribution in [3.8, 4) is 0 Å². The van der Waals surface area contributed by atoms with E-state index in [0.717, 1.165) is 25.7 Å². The van der Waals surface area contributed by atoms with E-state index in [1.165, 1.54) is 11.1 Å². The first kappa shape index (κ1) is 18.0. The van der Waals surface area contributed by atoms with Gasteiger partial charge in [0, 0.05) is 17.1 Å². The molecule has 132 valence electrons. The van der Waals surface area contributed by atoms with Crippen molar-refractivity contribution in [3.05, 3.63) is 70.2 Å². The summed E-state index contributed by atoms with van der Waals surface area (Å²) < 4.78 is 0. The summed E-state index contributed by atoms with van der Waals surface area (Å²) in [5, 5.41) is 13.6. The van der Waals surface area contributed by atoms with Crippen LogP contribution in [0, 0.1) is 5.92 Å². The molecule has 0 saturated heterocycles. The summed E-state index contributed by atoms with van der Waals surface area (Å²) in [5.74, 6) is 0.505. The molecule has 2 aromatic carbocycles. The van der Waals surface area contributed by atoms with E-state index in [2.05, 4.69) is 29.6 Å². The average molecular weight is 358 g/mol. The maximum absolute atomic E-state index is 12.0. The van der Waals surface area contributed by atoms with Crippen molar-refractivity contribution in [1.29, 1.82) is 0 Å². The van der Waals surface area contributed by atoms with Gasteiger partial charge in [-0.2, -0.15) is 0 Å². The van der Waals surface area contributed by atoms with Crippen LogP contribution in [0.15, 0.2) is 48.5 Å². The number of benzene rings is 2. The van der Waals surface area contributed by atoms with E-state index in [0.29, 0.717) is 29.5 Å². The van der Waals surface area contributed by atoms with Crippen molar-refractivity contribution >= 4 is 17.5 Å². The summed E-state index contributed by atoms with van der Waals surface area (Å²) in [4.78, 5) is 12.0. The first-order valence-electron chi connectivity index (χ1n) is 8.90. The fraction of sp³-hybridized carbons (Fsp3) is 0.381. The van der Waals surface area contributed by atoms with E-state index in [1.807, 2.05) is 0 Å². The minimum absolute atomic E-state index is 0.130. The quantitative estimate of drug-likeness (QED) is 0.786. The van der Waals surface area contributed by atoms with Crippen LogP contribution in [0.3, 0.4) is 0 Å². The number of hydrogen-bond donors (Lipinski definition) is 2. The van der Waals surface area contributed by atoms with Crippen LogP contribution in [-0.4, -0.2) is 23.7 Å². The van der Waals surface area contributed by atoms with Gasteiger partial charge in [0.2, 0.25) is 0 Å². The van der Waals surface area contributed by atoms with E-state index in [1.54, 1.807) is 24.3 Å². The van der Waals surface area contributed by atoms with Crippen molar-refractivity contribution in [2.45, 2.75) is 38.2 Å². The number of carbonyl (C=O) groups is 1. The molecule has 0 aromatic heterocycles. The molecule has 1 atom stereocenters. The fourth-order valence-corrected chi connectivity index (χ4v) is 3.61. The SMILES string of the molecule is O=C(NCCC(O)CCC1Cc2ccccc2C1)c1ccc(Cl)cc1. The molecule has 0 bridgehead atoms. The van der Waals surface area contributed by atoms with Gasteiger partial charge in [-0.3, -0.25) is 4.79 Å². The summed E-state index contributed by atoms with van der Waals surface area (Å²) in [6.45, 7) is 0.480. The first-order valence-corrected chi connectivity index (χ1v) is 9.28. The largest absolute Gasteiger partial charge is 0.393 e. The molecular weight excluding hydrogens is 334 g/mol. The second-order valence-electron chi connectivity index (χ2n) is 6.83. The van der Waals surface area contributed by atoms with Crippen molar-refractivity contribution in [2.75, 3.05) is 6.54 Å². The molecule has 0 aliphatic heterocycles. The lowest BCUT2D eigenvalue weighted by Gasteiger charge is -2.14. The van der Waals surface area contributed by atoms with Crippen LogP contribution in [0.25, 0.3) is 0 Å². The van der Waals surface area contributed by atoms with Gasteiger partial charge in [-0.1, -0.05) is 35.9 Å². The highest BCUT2D eigenvalue weighted by Crippen LogP contribution is 2.29. The Labute approximate surface area is 154 Å². The second-order valence-corrected chi connectivity index (χ2v) is 7.26. The smallest absolute Gasteiger partial charge is 0.251 e. The maximum atomic E-state index is 12.0. The Kier molecular flexibility index (Phi) is 6.11. The van der Waals surface area contributed by atoms with Gasteiger partial charge in [0.1, 0.15) is 0 Å². The molecule has 2 aromatic rings. The lowest BCUT2D eigenvalue weighted by atomic mass is 9.97. The normalized spacial score (nSPS) is 15.0. The predicted octanol–water partition coefficient (Wildman–Crippen LogP) is 4.02. The Morgan fingerprint density at radius 2 is 1.72 bits per heavy atom. The lowest BCUT2D eigenvalue weighted by molar-refractivity contribution is 0.0939. The highest BCUT2D eigenvalue weighted by molar-refractivity contribution is 6.30. The highest BCUT2D eigenvalue weighted by atomic mass is 35.5. The highest BCUT2D eigenvalue weighted by Gasteiger charge is 2.21. The van der Waals surface area contributed by atoms with Gasteiger partial charge in [0.25, 0.3) is 5.91 Å². The standard InChI is InChI=1S/C21H24ClNO2/c22-19-8-6-16(7-9-19)21(25)23-12-11-20(24)10-5-15-13-17-3-1-2-4-18(17)14-15/h1-4,6-9,15,20,24H,5,10-14H2,(H,23,25). The lowest BCUT2D eigenvalue weighted by Crippen LogP contribution is -2.27. The second kappa shape index (κ2) is 8.50. The first-order chi connectivity index (χ1) is 12.1. The summed E-state index contributed by atoms with van der Waals surface area (Å²) in [6, 6.07) is 15.4. The summed E-state index contributed by atoms with van der Waals surface area (Å²) in [5.41, 5.74) is 3.50. The number of fused-ring (bicyclic) bond motifs is 1. The zero-order valence-corrected chi connectivity index (χ0v) is 15.0. The third-order valence-corrected chi connectivity index (χ3v) is 5.17. The van der Waals surface area contributed by atoms with Crippen LogP contribution in [0.5, 0.6) is 0 Å². The molecule has 0 radical (unpaired) electrons. The molecule has 3 rings (SSSR count). The minimum atomic E-state index is -0.366. The number of aliphatic hydroxyl groups is 1. The predicted molar refractivity (Wildman–Crippen MR) is 101 cm³/mol. The zero-order chi connectivity index (χ0) is 17.6. The molecule has 0 fully saturated rings. The monoisotopic (exact) mass is 357 g/mol. The number of nitrogens with one attached hydrogen (secondary N) is 1. The summed E-state index contributed by atoms with van der Waals surface area (Å²) >= 11 is 5.82. The number of hydrogen-bond acceptors (Lipinski definition) is 2. The Bertz CT molecular complexity index is 689. The molecule has 0 heterocycles. The molecule has 0 saturated carbocycles. The topological polar surface area (TPSA) is 49.3 Å². The van der Waals surface area contributed by atoms with E-state index in [-0.39, 0.29) is 12.0 Å². The number of halogens is 1. The van der Waals surface area contributed by atoms with Gasteiger partial charge in [-0.05, 0) is 73.4 Å². The number of rotatable bonds is 7. The number of carbonyl (C=O) groups excluding carboxylic acids is 1. The Balaban J connectivity index is 1.34. The van der Waals surface area contributed by atoms with Gasteiger partial charge in [0.15, 0.2) is 0 Å². The molecule has 4 heteroatoms. The molecule has 2 N–H and O–H groups in total. The van der Waals surface area contributed by atoms with Crippen LogP contribution >= 0.6 is 11.6 Å². The van der Waals surface area contributed by atoms with Gasteiger partial charge < -0.3 is 10.4 Å². The molecule has 0 spiro atoms. The Morgan fingerprint density at radius 1 is 1.08 bits per heavy atom. The Hall–Kier alpha value is -1.84. The van der Waals surface area contributed by atoms with Crippen LogP contribution in [0.4, 0.5) is 0 Å². The van der Waals surface area contributed by atoms with Crippen molar-refractivity contribution in [2.24, 2.45) is 5.92 Å². The molecule has 25 heavy (non-hydrogen) atoms. The summed E-state index contributed by atoms with van der Waals surface area (Å²) in [6.07, 6.45) is 4.27. The van der Waals surface area contributed by atoms with Gasteiger partial charge in [0.05, 0.1) is 6.10 Å². The average Bonchev–Trinajstić information content (AvgIpc) is 3.03. The summed E-state index contributed by atoms with van der Waals surface area (Å²) in [7, 11) is 0. The molecule has 1 aliphatic rings. The molecule has 1 unspecified atom stereocenters. The van der Waals surface area contributed by atoms with Crippen molar-refractivity contribution < 1.29 is 9.90 Å². The van der Waals surface area contributed by atoms with E-state index >= 15 is 0 Å². The molecule has 1 aliphatic carbocycles. The zero-order valence-electron chi connectivity index (χ0n) is 14.2. The minimum Gasteiger partial charge on any atom is -0.393 e. The van der Waals surface area contributed by atoms with Gasteiger partial charge >= 0.3 is 0 Å². The van der Waals surface area contributed by atoms with Crippen LogP contribution in [0.1, 0.15) is 40.7 Å². The Morgan fingerprint density at radius 3 is 2.36 bits per heavy atom. The van der Waals surface area contributed by atoms with E-state index in [9.17, 15) is 9.90 Å². The molecular formula is C21H24ClNO2. The van der Waals surface area contributed by atoms with Crippen molar-refractivity contribution in [3.63, 3.8) is 0 Å². The van der Waals surface area contributed by atoms with E-state index < -0.39 is 0 Å². The number of aliphatic hydroxyl groups excluding tert-OH is 1. The van der Waals surface area contributed by atoms with Gasteiger partial charge in [-0.25, -0.2) is 0 Å². The van der Waals surface area contributed by atoms with Crippen molar-refractivity contribution in [1.82, 2.24) is 5.32 Å². The molecule has 3 nitrogen and oxygen atoms in total. The number of amides is 1. The third-order valence-electron chi connectivity index (χ3n) is 4.91. The van der Waals surface area contributed by atoms with Gasteiger partial charge in [-0.15, -0.1) is 0 Å². The van der Waals surface area contributed by atoms with Crippen LogP contribution in [-0.2, 0) is 12.8 Å². The van der Waals surface area contributed by atoms with Crippen LogP contribution in [0.2, 0.25) is 5.02 Å². The van der Waals surface area contributed by atoms with E-state index in [4.69, 9.17) is 11.6 Å². The maximum Gasteiger partial charge on any atom is 0.251 e. The molecule has 1 amide bonds.